The quantitative estimate of drug-likeness (QED) is 0.215. The molecule has 5 rings (SSSR count). The van der Waals surface area contributed by atoms with Crippen molar-refractivity contribution in [2.24, 2.45) is 5.92 Å². The fraction of sp³-hybridized carbons (Fsp3) is 0.424. The molecule has 0 aliphatic carbocycles. The third kappa shape index (κ3) is 6.36. The maximum atomic E-state index is 13.4. The van der Waals surface area contributed by atoms with Crippen LogP contribution >= 0.6 is 0 Å². The predicted molar refractivity (Wildman–Crippen MR) is 158 cm³/mol. The molecule has 0 saturated carbocycles. The molecule has 0 spiro atoms. The minimum absolute atomic E-state index is 0.246. The standard InChI is InChI=1S/C33H40N4O3/c1-24(21-25-13-15-26(16-14-25)28-10-6-17-34-33(28)40-3)22-31(38)36-18-7-9-27(23-36)32-35-29-11-4-5-12-30(29)37(32)19-8-20-39-2/h4-6,10-17,24,27H,7-9,18-23H2,1-3H3/t24-,27-/m1/s1. The van der Waals surface area contributed by atoms with Crippen molar-refractivity contribution in [1.29, 1.82) is 0 Å². The summed E-state index contributed by atoms with van der Waals surface area (Å²) in [6.45, 7) is 5.33. The van der Waals surface area contributed by atoms with Gasteiger partial charge in [-0.2, -0.15) is 0 Å². The van der Waals surface area contributed by atoms with E-state index in [2.05, 4.69) is 63.8 Å². The highest BCUT2D eigenvalue weighted by Gasteiger charge is 2.29. The van der Waals surface area contributed by atoms with E-state index in [-0.39, 0.29) is 17.7 Å². The molecule has 1 saturated heterocycles. The van der Waals surface area contributed by atoms with Crippen LogP contribution in [0.15, 0.2) is 66.9 Å². The summed E-state index contributed by atoms with van der Waals surface area (Å²) < 4.78 is 13.1. The number of carbonyl (C=O) groups excluding carboxylic acids is 1. The molecule has 0 unspecified atom stereocenters. The SMILES string of the molecule is COCCCn1c([C@@H]2CCCN(C(=O)C[C@H](C)Cc3ccc(-c4cccnc4OC)cc3)C2)nc2ccccc21. The number of hydrogen-bond donors (Lipinski definition) is 0. The third-order valence-electron chi connectivity index (χ3n) is 7.89. The Labute approximate surface area is 237 Å². The molecule has 1 amide bonds. The van der Waals surface area contributed by atoms with Crippen LogP contribution in [0.4, 0.5) is 0 Å². The number of pyridine rings is 1. The van der Waals surface area contributed by atoms with Crippen molar-refractivity contribution in [2.75, 3.05) is 33.9 Å². The number of methoxy groups -OCH3 is 2. The third-order valence-corrected chi connectivity index (χ3v) is 7.89. The molecule has 0 radical (unpaired) electrons. The van der Waals surface area contributed by atoms with Gasteiger partial charge < -0.3 is 18.9 Å². The number of amides is 1. The molecule has 0 N–H and O–H groups in total. The molecule has 210 valence electrons. The Morgan fingerprint density at radius 2 is 1.90 bits per heavy atom. The van der Waals surface area contributed by atoms with E-state index in [1.165, 1.54) is 11.1 Å². The highest BCUT2D eigenvalue weighted by molar-refractivity contribution is 5.77. The molecular weight excluding hydrogens is 500 g/mol. The first-order chi connectivity index (χ1) is 19.6. The Balaban J connectivity index is 1.21. The van der Waals surface area contributed by atoms with Gasteiger partial charge in [-0.25, -0.2) is 9.97 Å². The summed E-state index contributed by atoms with van der Waals surface area (Å²) in [5, 5.41) is 0. The predicted octanol–water partition coefficient (Wildman–Crippen LogP) is 6.12. The number of para-hydroxylation sites is 2. The minimum atomic E-state index is 0.246. The van der Waals surface area contributed by atoms with Crippen LogP contribution in [-0.2, 0) is 22.5 Å². The Kier molecular flexibility index (Phi) is 9.12. The Morgan fingerprint density at radius 3 is 2.70 bits per heavy atom. The first-order valence-corrected chi connectivity index (χ1v) is 14.4. The summed E-state index contributed by atoms with van der Waals surface area (Å²) in [4.78, 5) is 24.8. The average Bonchev–Trinajstić information content (AvgIpc) is 3.36. The molecular formula is C33H40N4O3. The Morgan fingerprint density at radius 1 is 1.07 bits per heavy atom. The van der Waals surface area contributed by atoms with Crippen molar-refractivity contribution in [1.82, 2.24) is 19.4 Å². The monoisotopic (exact) mass is 540 g/mol. The minimum Gasteiger partial charge on any atom is -0.481 e. The van der Waals surface area contributed by atoms with Gasteiger partial charge in [0.1, 0.15) is 5.82 Å². The van der Waals surface area contributed by atoms with Gasteiger partial charge in [-0.05, 0) is 67.0 Å². The van der Waals surface area contributed by atoms with Crippen molar-refractivity contribution in [3.05, 3.63) is 78.2 Å². The van der Waals surface area contributed by atoms with Gasteiger partial charge in [0, 0.05) is 57.4 Å². The van der Waals surface area contributed by atoms with Gasteiger partial charge in [0.15, 0.2) is 0 Å². The molecule has 7 nitrogen and oxygen atoms in total. The van der Waals surface area contributed by atoms with Crippen molar-refractivity contribution < 1.29 is 14.3 Å². The highest BCUT2D eigenvalue weighted by Crippen LogP contribution is 2.31. The highest BCUT2D eigenvalue weighted by atomic mass is 16.5. The summed E-state index contributed by atoms with van der Waals surface area (Å²) in [6.07, 6.45) is 6.15. The first-order valence-electron chi connectivity index (χ1n) is 14.4. The number of aryl methyl sites for hydroxylation is 1. The molecule has 0 bridgehead atoms. The number of rotatable bonds is 11. The fourth-order valence-corrected chi connectivity index (χ4v) is 5.92. The summed E-state index contributed by atoms with van der Waals surface area (Å²) >= 11 is 0. The zero-order valence-corrected chi connectivity index (χ0v) is 23.9. The second-order valence-electron chi connectivity index (χ2n) is 10.9. The second kappa shape index (κ2) is 13.1. The van der Waals surface area contributed by atoms with Crippen LogP contribution in [0.2, 0.25) is 0 Å². The normalized spacial score (nSPS) is 16.3. The summed E-state index contributed by atoms with van der Waals surface area (Å²) in [6, 6.07) is 20.8. The van der Waals surface area contributed by atoms with Crippen molar-refractivity contribution >= 4 is 16.9 Å². The lowest BCUT2D eigenvalue weighted by Gasteiger charge is -2.33. The molecule has 2 aromatic heterocycles. The van der Waals surface area contributed by atoms with Gasteiger partial charge in [0.05, 0.1) is 18.1 Å². The van der Waals surface area contributed by atoms with Crippen LogP contribution in [0.3, 0.4) is 0 Å². The van der Waals surface area contributed by atoms with Crippen molar-refractivity contribution in [3.8, 4) is 17.0 Å². The molecule has 1 aliphatic heterocycles. The fourth-order valence-electron chi connectivity index (χ4n) is 5.92. The number of benzene rings is 2. The molecule has 4 aromatic rings. The van der Waals surface area contributed by atoms with E-state index in [9.17, 15) is 4.79 Å². The van der Waals surface area contributed by atoms with Crippen LogP contribution in [0.25, 0.3) is 22.2 Å². The van der Waals surface area contributed by atoms with Gasteiger partial charge in [0.2, 0.25) is 11.8 Å². The van der Waals surface area contributed by atoms with E-state index in [1.54, 1.807) is 20.4 Å². The maximum absolute atomic E-state index is 13.4. The topological polar surface area (TPSA) is 69.5 Å². The van der Waals surface area contributed by atoms with Gasteiger partial charge >= 0.3 is 0 Å². The van der Waals surface area contributed by atoms with Gasteiger partial charge in [-0.3, -0.25) is 4.79 Å². The van der Waals surface area contributed by atoms with Crippen molar-refractivity contribution in [3.63, 3.8) is 0 Å². The lowest BCUT2D eigenvalue weighted by atomic mass is 9.93. The van der Waals surface area contributed by atoms with Gasteiger partial charge in [0.25, 0.3) is 0 Å². The number of hydrogen-bond acceptors (Lipinski definition) is 5. The Hall–Kier alpha value is -3.71. The van der Waals surface area contributed by atoms with Crippen LogP contribution < -0.4 is 4.74 Å². The van der Waals surface area contributed by atoms with Crippen LogP contribution in [0.5, 0.6) is 5.88 Å². The average molecular weight is 541 g/mol. The molecule has 2 aromatic carbocycles. The zero-order chi connectivity index (χ0) is 27.9. The Bertz CT molecular complexity index is 1420. The zero-order valence-electron chi connectivity index (χ0n) is 23.9. The molecule has 1 fully saturated rings. The van der Waals surface area contributed by atoms with E-state index in [1.807, 2.05) is 18.2 Å². The molecule has 2 atom stereocenters. The summed E-state index contributed by atoms with van der Waals surface area (Å²) in [5.41, 5.74) is 5.48. The smallest absolute Gasteiger partial charge is 0.222 e. The van der Waals surface area contributed by atoms with Crippen LogP contribution in [-0.4, -0.2) is 59.3 Å². The van der Waals surface area contributed by atoms with Gasteiger partial charge in [-0.1, -0.05) is 43.3 Å². The summed E-state index contributed by atoms with van der Waals surface area (Å²) in [5.74, 6) is 2.48. The van der Waals surface area contributed by atoms with E-state index in [4.69, 9.17) is 14.5 Å². The largest absolute Gasteiger partial charge is 0.481 e. The van der Waals surface area contributed by atoms with E-state index in [0.717, 1.165) is 74.4 Å². The second-order valence-corrected chi connectivity index (χ2v) is 10.9. The lowest BCUT2D eigenvalue weighted by Crippen LogP contribution is -2.40. The molecule has 3 heterocycles. The first kappa shape index (κ1) is 27.8. The summed E-state index contributed by atoms with van der Waals surface area (Å²) in [7, 11) is 3.39. The lowest BCUT2D eigenvalue weighted by molar-refractivity contribution is -0.133. The number of likely N-dealkylation sites (tertiary alicyclic amines) is 1. The van der Waals surface area contributed by atoms with Gasteiger partial charge in [-0.15, -0.1) is 0 Å². The van der Waals surface area contributed by atoms with Crippen LogP contribution in [0, 0.1) is 5.92 Å². The van der Waals surface area contributed by atoms with E-state index in [0.29, 0.717) is 12.3 Å². The number of imidazole rings is 1. The molecule has 1 aliphatic rings. The van der Waals surface area contributed by atoms with Crippen molar-refractivity contribution in [2.45, 2.75) is 51.5 Å². The number of aromatic nitrogens is 3. The number of piperidine rings is 1. The molecule has 7 heteroatoms. The van der Waals surface area contributed by atoms with E-state index >= 15 is 0 Å². The number of ether oxygens (including phenoxy) is 2. The number of nitrogens with zero attached hydrogens (tertiary/aromatic N) is 4. The van der Waals surface area contributed by atoms with Crippen LogP contribution in [0.1, 0.15) is 49.9 Å². The van der Waals surface area contributed by atoms with E-state index < -0.39 is 0 Å². The molecule has 40 heavy (non-hydrogen) atoms. The number of fused-ring (bicyclic) bond motifs is 1. The number of carbonyl (C=O) groups is 1. The maximum Gasteiger partial charge on any atom is 0.222 e.